The molecule has 0 heterocycles. The van der Waals surface area contributed by atoms with Gasteiger partial charge < -0.3 is 5.02 Å². The van der Waals surface area contributed by atoms with Crippen molar-refractivity contribution in [1.82, 2.24) is 0 Å². The number of rotatable bonds is 1. The highest BCUT2D eigenvalue weighted by Gasteiger charge is 2.01. The minimum Gasteiger partial charge on any atom is -0.449 e. The molecule has 52 valence electrons. The summed E-state index contributed by atoms with van der Waals surface area (Å²) < 4.78 is 24.6. The second-order valence-electron chi connectivity index (χ2n) is 1.89. The van der Waals surface area contributed by atoms with Gasteiger partial charge in [0.25, 0.3) is 0 Å². The highest BCUT2D eigenvalue weighted by atomic mass is 19.1. The second-order valence-corrected chi connectivity index (χ2v) is 1.89. The summed E-state index contributed by atoms with van der Waals surface area (Å²) >= 11 is 0. The van der Waals surface area contributed by atoms with E-state index in [0.717, 1.165) is 12.1 Å². The van der Waals surface area contributed by atoms with Crippen molar-refractivity contribution >= 4 is 12.9 Å². The fraction of sp³-hybridized carbons (Fsp3) is 0. The molecule has 0 spiro atoms. The van der Waals surface area contributed by atoms with Gasteiger partial charge in [0.15, 0.2) is 0 Å². The Morgan fingerprint density at radius 3 is 2.50 bits per heavy atom. The molecule has 0 unspecified atom stereocenters. The fourth-order valence-electron chi connectivity index (χ4n) is 0.650. The maximum absolute atomic E-state index is 12.5. The van der Waals surface area contributed by atoms with E-state index >= 15 is 0 Å². The molecule has 0 saturated heterocycles. The molecule has 0 aliphatic carbocycles. The topological polar surface area (TPSA) is 20.2 Å². The van der Waals surface area contributed by atoms with Crippen LogP contribution in [0.5, 0.6) is 0 Å². The van der Waals surface area contributed by atoms with Crippen LogP contribution >= 0.6 is 0 Å². The smallest absolute Gasteiger partial charge is 0.307 e. The molecule has 0 bridgehead atoms. The highest BCUT2D eigenvalue weighted by molar-refractivity contribution is 6.45. The molecule has 0 atom stereocenters. The van der Waals surface area contributed by atoms with Gasteiger partial charge in [0.05, 0.1) is 0 Å². The zero-order chi connectivity index (χ0) is 7.56. The largest absolute Gasteiger partial charge is 0.449 e. The SMILES string of the molecule is OBc1ccc(F)cc1F. The van der Waals surface area contributed by atoms with Crippen LogP contribution < -0.4 is 5.46 Å². The molecule has 1 aromatic rings. The van der Waals surface area contributed by atoms with Crippen LogP contribution in [0.25, 0.3) is 0 Å². The number of benzene rings is 1. The number of hydrogen-bond acceptors (Lipinski definition) is 1. The number of hydrogen-bond donors (Lipinski definition) is 1. The zero-order valence-electron chi connectivity index (χ0n) is 5.14. The second kappa shape index (κ2) is 2.79. The Hall–Kier alpha value is -0.895. The summed E-state index contributed by atoms with van der Waals surface area (Å²) in [7, 11) is -0.397. The van der Waals surface area contributed by atoms with Gasteiger partial charge in [0, 0.05) is 6.07 Å². The third-order valence-corrected chi connectivity index (χ3v) is 1.19. The summed E-state index contributed by atoms with van der Waals surface area (Å²) in [5.41, 5.74) is 0.112. The fourth-order valence-corrected chi connectivity index (χ4v) is 0.650. The van der Waals surface area contributed by atoms with E-state index in [-0.39, 0.29) is 5.46 Å². The number of halogens is 2. The van der Waals surface area contributed by atoms with Crippen LogP contribution in [0.4, 0.5) is 8.78 Å². The lowest BCUT2D eigenvalue weighted by molar-refractivity contribution is 0.580. The molecular formula is C6H5BF2O. The molecule has 4 heteroatoms. The average Bonchev–Trinajstić information content (AvgIpc) is 1.88. The van der Waals surface area contributed by atoms with E-state index in [2.05, 4.69) is 0 Å². The summed E-state index contributed by atoms with van der Waals surface area (Å²) in [5, 5.41) is 8.45. The maximum Gasteiger partial charge on any atom is 0.307 e. The Labute approximate surface area is 57.6 Å². The molecule has 0 aliphatic rings. The summed E-state index contributed by atoms with van der Waals surface area (Å²) in [5.74, 6) is -1.34. The van der Waals surface area contributed by atoms with Crippen LogP contribution in [0, 0.1) is 11.6 Å². The molecule has 1 nitrogen and oxygen atoms in total. The molecule has 0 aromatic heterocycles. The molecule has 0 saturated carbocycles. The van der Waals surface area contributed by atoms with E-state index in [1.54, 1.807) is 0 Å². The van der Waals surface area contributed by atoms with Gasteiger partial charge in [-0.1, -0.05) is 6.07 Å². The Kier molecular flexibility index (Phi) is 2.01. The van der Waals surface area contributed by atoms with E-state index in [4.69, 9.17) is 5.02 Å². The lowest BCUT2D eigenvalue weighted by atomic mass is 9.88. The van der Waals surface area contributed by atoms with Crippen LogP contribution in [-0.2, 0) is 0 Å². The van der Waals surface area contributed by atoms with Crippen molar-refractivity contribution in [1.29, 1.82) is 0 Å². The van der Waals surface area contributed by atoms with E-state index in [1.807, 2.05) is 0 Å². The average molecular weight is 142 g/mol. The third-order valence-electron chi connectivity index (χ3n) is 1.19. The minimum atomic E-state index is -0.706. The van der Waals surface area contributed by atoms with Gasteiger partial charge in [0.2, 0.25) is 0 Å². The lowest BCUT2D eigenvalue weighted by Crippen LogP contribution is -2.17. The van der Waals surface area contributed by atoms with Crippen molar-refractivity contribution in [3.05, 3.63) is 29.8 Å². The van der Waals surface area contributed by atoms with Gasteiger partial charge in [-0.25, -0.2) is 8.78 Å². The van der Waals surface area contributed by atoms with Crippen LogP contribution in [-0.4, -0.2) is 12.5 Å². The maximum atomic E-state index is 12.5. The summed E-state index contributed by atoms with van der Waals surface area (Å²) in [6.45, 7) is 0. The van der Waals surface area contributed by atoms with Gasteiger partial charge in [-0.2, -0.15) is 0 Å². The van der Waals surface area contributed by atoms with Crippen molar-refractivity contribution in [3.8, 4) is 0 Å². The van der Waals surface area contributed by atoms with Crippen molar-refractivity contribution in [2.45, 2.75) is 0 Å². The minimum absolute atomic E-state index is 0.112. The Bertz CT molecular complexity index is 239. The lowest BCUT2D eigenvalue weighted by Gasteiger charge is -1.95. The summed E-state index contributed by atoms with van der Waals surface area (Å²) in [4.78, 5) is 0. The van der Waals surface area contributed by atoms with Crippen molar-refractivity contribution in [3.63, 3.8) is 0 Å². The Morgan fingerprint density at radius 1 is 1.30 bits per heavy atom. The van der Waals surface area contributed by atoms with Gasteiger partial charge in [0.1, 0.15) is 11.6 Å². The molecule has 0 radical (unpaired) electrons. The first-order valence-corrected chi connectivity index (χ1v) is 2.79. The molecule has 0 fully saturated rings. The van der Waals surface area contributed by atoms with E-state index in [9.17, 15) is 8.78 Å². The van der Waals surface area contributed by atoms with Crippen LogP contribution in [0.2, 0.25) is 0 Å². The van der Waals surface area contributed by atoms with Gasteiger partial charge in [-0.15, -0.1) is 0 Å². The quantitative estimate of drug-likeness (QED) is 0.544. The van der Waals surface area contributed by atoms with E-state index in [0.29, 0.717) is 0 Å². The first kappa shape index (κ1) is 7.21. The Balaban J connectivity index is 3.07. The normalized spacial score (nSPS) is 9.50. The standard InChI is InChI=1S/C6H5BF2O/c8-4-1-2-5(7-10)6(9)3-4/h1-3,7,10H. The Morgan fingerprint density at radius 2 is 2.00 bits per heavy atom. The van der Waals surface area contributed by atoms with Crippen LogP contribution in [0.1, 0.15) is 0 Å². The van der Waals surface area contributed by atoms with Gasteiger partial charge >= 0.3 is 7.48 Å². The molecule has 1 rings (SSSR count). The first-order chi connectivity index (χ1) is 4.74. The molecule has 1 aromatic carbocycles. The predicted octanol–water partition coefficient (Wildman–Crippen LogP) is -0.0661. The third kappa shape index (κ3) is 1.33. The molecule has 1 N–H and O–H groups in total. The molecule has 0 aliphatic heterocycles. The van der Waals surface area contributed by atoms with Gasteiger partial charge in [-0.05, 0) is 11.5 Å². The van der Waals surface area contributed by atoms with Gasteiger partial charge in [-0.3, -0.25) is 0 Å². The molecular weight excluding hydrogens is 137 g/mol. The molecule has 0 amide bonds. The summed E-state index contributed by atoms with van der Waals surface area (Å²) in [6.07, 6.45) is 0. The van der Waals surface area contributed by atoms with E-state index in [1.165, 1.54) is 6.07 Å². The predicted molar refractivity (Wildman–Crippen MR) is 35.4 cm³/mol. The van der Waals surface area contributed by atoms with Crippen LogP contribution in [0.15, 0.2) is 18.2 Å². The highest BCUT2D eigenvalue weighted by Crippen LogP contribution is 1.97. The van der Waals surface area contributed by atoms with Crippen LogP contribution in [0.3, 0.4) is 0 Å². The van der Waals surface area contributed by atoms with E-state index < -0.39 is 19.1 Å². The monoisotopic (exact) mass is 142 g/mol. The molecule has 10 heavy (non-hydrogen) atoms. The zero-order valence-corrected chi connectivity index (χ0v) is 5.14. The van der Waals surface area contributed by atoms with Crippen molar-refractivity contribution < 1.29 is 13.8 Å². The first-order valence-electron chi connectivity index (χ1n) is 2.79. The van der Waals surface area contributed by atoms with Crippen molar-refractivity contribution in [2.75, 3.05) is 0 Å². The summed E-state index contributed by atoms with van der Waals surface area (Å²) in [6, 6.07) is 3.06. The van der Waals surface area contributed by atoms with Crippen molar-refractivity contribution in [2.24, 2.45) is 0 Å².